The molecule has 0 amide bonds. The summed E-state index contributed by atoms with van der Waals surface area (Å²) in [5.41, 5.74) is 7.07. The zero-order valence-corrected chi connectivity index (χ0v) is 24.7. The normalized spacial score (nSPS) is 12.4. The Balaban J connectivity index is 0.000000777. The van der Waals surface area contributed by atoms with Gasteiger partial charge in [-0.1, -0.05) is 86.3 Å². The van der Waals surface area contributed by atoms with E-state index in [9.17, 15) is 0 Å². The maximum atomic E-state index is 4.80. The number of hydrogen-bond donors (Lipinski definition) is 1. The molecule has 2 aromatic rings. The van der Waals surface area contributed by atoms with Crippen LogP contribution in [0.3, 0.4) is 0 Å². The first-order valence-electron chi connectivity index (χ1n) is 13.4. The molecular weight excluding hydrogens is 444 g/mol. The summed E-state index contributed by atoms with van der Waals surface area (Å²) in [6, 6.07) is 6.20. The number of fused-ring (bicyclic) bond motifs is 1. The molecule has 0 aliphatic heterocycles. The number of ether oxygens (including phenoxy) is 1. The molecule has 1 aromatic carbocycles. The number of nitrogens with one attached hydrogen (secondary N) is 1. The van der Waals surface area contributed by atoms with Gasteiger partial charge in [-0.2, -0.15) is 0 Å². The Morgan fingerprint density at radius 3 is 2.19 bits per heavy atom. The van der Waals surface area contributed by atoms with Gasteiger partial charge in [-0.15, -0.1) is 0 Å². The molecule has 0 radical (unpaired) electrons. The van der Waals surface area contributed by atoms with Crippen molar-refractivity contribution in [2.24, 2.45) is 21.8 Å². The van der Waals surface area contributed by atoms with E-state index in [4.69, 9.17) is 4.74 Å². The van der Waals surface area contributed by atoms with E-state index in [-0.39, 0.29) is 0 Å². The fourth-order valence-electron chi connectivity index (χ4n) is 3.33. The summed E-state index contributed by atoms with van der Waals surface area (Å²) in [4.78, 5) is 16.3. The second kappa shape index (κ2) is 19.6. The number of nitrogens with zero attached hydrogens (tertiary/aromatic N) is 3. The molecular formula is C31H52N4O. The molecule has 0 aliphatic carbocycles. The van der Waals surface area contributed by atoms with Crippen LogP contribution in [0.2, 0.25) is 0 Å². The van der Waals surface area contributed by atoms with Crippen LogP contribution < -0.4 is 0 Å². The van der Waals surface area contributed by atoms with E-state index in [0.717, 1.165) is 45.8 Å². The van der Waals surface area contributed by atoms with Gasteiger partial charge in [0, 0.05) is 44.0 Å². The maximum absolute atomic E-state index is 4.80. The van der Waals surface area contributed by atoms with Gasteiger partial charge < -0.3 is 9.72 Å². The molecule has 36 heavy (non-hydrogen) atoms. The number of hydrogen-bond acceptors (Lipinski definition) is 4. The fraction of sp³-hybridized carbons (Fsp3) is 0.581. The molecule has 1 heterocycles. The number of methoxy groups -OCH3 is 1. The van der Waals surface area contributed by atoms with Crippen LogP contribution in [-0.4, -0.2) is 42.7 Å². The lowest BCUT2D eigenvalue weighted by Gasteiger charge is -2.11. The van der Waals surface area contributed by atoms with E-state index in [1.807, 2.05) is 19.2 Å². The maximum Gasteiger partial charge on any atom is 0.0931 e. The van der Waals surface area contributed by atoms with Crippen LogP contribution in [0.1, 0.15) is 93.1 Å². The van der Waals surface area contributed by atoms with Gasteiger partial charge in [-0.05, 0) is 49.0 Å². The number of allylic oxidation sites excluding steroid dienone is 3. The summed E-state index contributed by atoms with van der Waals surface area (Å²) in [6.07, 6.45) is 10.6. The molecule has 5 nitrogen and oxygen atoms in total. The zero-order chi connectivity index (χ0) is 27.5. The van der Waals surface area contributed by atoms with Crippen molar-refractivity contribution in [3.05, 3.63) is 47.9 Å². The highest BCUT2D eigenvalue weighted by molar-refractivity contribution is 6.20. The van der Waals surface area contributed by atoms with E-state index in [0.29, 0.717) is 11.8 Å². The van der Waals surface area contributed by atoms with Crippen molar-refractivity contribution in [3.63, 3.8) is 0 Å². The highest BCUT2D eigenvalue weighted by Crippen LogP contribution is 2.23. The van der Waals surface area contributed by atoms with Crippen LogP contribution in [0, 0.1) is 11.8 Å². The third-order valence-corrected chi connectivity index (χ3v) is 5.59. The van der Waals surface area contributed by atoms with Crippen molar-refractivity contribution in [1.82, 2.24) is 9.97 Å². The van der Waals surface area contributed by atoms with E-state index < -0.39 is 0 Å². The molecule has 0 atom stereocenters. The Morgan fingerprint density at radius 1 is 1.08 bits per heavy atom. The van der Waals surface area contributed by atoms with Gasteiger partial charge in [0.25, 0.3) is 0 Å². The molecule has 0 unspecified atom stereocenters. The monoisotopic (exact) mass is 496 g/mol. The number of unbranched alkanes of at least 4 members (excludes halogenated alkanes) is 4. The lowest BCUT2D eigenvalue weighted by atomic mass is 9.98. The van der Waals surface area contributed by atoms with E-state index in [1.165, 1.54) is 32.1 Å². The Kier molecular flexibility index (Phi) is 18.3. The minimum Gasteiger partial charge on any atom is -0.384 e. The number of rotatable bonds is 11. The Labute approximate surface area is 221 Å². The van der Waals surface area contributed by atoms with Crippen LogP contribution in [0.5, 0.6) is 0 Å². The topological polar surface area (TPSA) is 62.6 Å². The molecule has 0 saturated heterocycles. The highest BCUT2D eigenvalue weighted by atomic mass is 16.5. The smallest absolute Gasteiger partial charge is 0.0931 e. The van der Waals surface area contributed by atoms with Crippen LogP contribution in [-0.2, 0) is 4.74 Å². The number of aromatic amines is 1. The third-order valence-electron chi connectivity index (χ3n) is 5.59. The fourth-order valence-corrected chi connectivity index (χ4v) is 3.33. The lowest BCUT2D eigenvalue weighted by molar-refractivity contribution is 0.167. The number of aliphatic imine (C=N–C) groups is 2. The summed E-state index contributed by atoms with van der Waals surface area (Å²) in [5.74, 6) is 1.00. The number of imidazole rings is 1. The van der Waals surface area contributed by atoms with Crippen molar-refractivity contribution in [2.75, 3.05) is 20.8 Å². The minimum absolute atomic E-state index is 0.325. The SMILES string of the molecule is C=C(N=C(C)/C(C=NC)=C(\C)c1ccc2nc[nH]c2c1)C(C)C.CCCCCCC.COCC(C)C. The van der Waals surface area contributed by atoms with Gasteiger partial charge in [-0.3, -0.25) is 9.98 Å². The summed E-state index contributed by atoms with van der Waals surface area (Å²) in [6.45, 7) is 21.9. The van der Waals surface area contributed by atoms with Gasteiger partial charge in [0.2, 0.25) is 0 Å². The van der Waals surface area contributed by atoms with Crippen molar-refractivity contribution in [2.45, 2.75) is 87.5 Å². The van der Waals surface area contributed by atoms with Crippen LogP contribution in [0.25, 0.3) is 16.6 Å². The molecule has 0 spiro atoms. The van der Waals surface area contributed by atoms with E-state index in [1.54, 1.807) is 20.5 Å². The quantitative estimate of drug-likeness (QED) is 0.249. The second-order valence-corrected chi connectivity index (χ2v) is 9.81. The molecule has 0 fully saturated rings. The summed E-state index contributed by atoms with van der Waals surface area (Å²) in [5, 5.41) is 0. The molecule has 5 heteroatoms. The minimum atomic E-state index is 0.325. The third kappa shape index (κ3) is 13.5. The number of H-pyrrole nitrogens is 1. The van der Waals surface area contributed by atoms with E-state index in [2.05, 4.69) is 87.1 Å². The van der Waals surface area contributed by atoms with Crippen LogP contribution in [0.4, 0.5) is 0 Å². The van der Waals surface area contributed by atoms with Crippen molar-refractivity contribution in [1.29, 1.82) is 0 Å². The van der Waals surface area contributed by atoms with Gasteiger partial charge in [0.15, 0.2) is 0 Å². The summed E-state index contributed by atoms with van der Waals surface area (Å²) >= 11 is 0. The summed E-state index contributed by atoms with van der Waals surface area (Å²) < 4.78 is 4.80. The average Bonchev–Trinajstić information content (AvgIpc) is 3.31. The number of benzene rings is 1. The van der Waals surface area contributed by atoms with Gasteiger partial charge in [0.05, 0.1) is 17.4 Å². The van der Waals surface area contributed by atoms with E-state index >= 15 is 0 Å². The Hall–Kier alpha value is -2.53. The Bertz CT molecular complexity index is 960. The van der Waals surface area contributed by atoms with Gasteiger partial charge in [0.1, 0.15) is 0 Å². The second-order valence-electron chi connectivity index (χ2n) is 9.81. The average molecular weight is 497 g/mol. The zero-order valence-electron chi connectivity index (χ0n) is 24.7. The van der Waals surface area contributed by atoms with Crippen LogP contribution in [0.15, 0.2) is 52.4 Å². The molecule has 0 bridgehead atoms. The first-order chi connectivity index (χ1) is 17.1. The lowest BCUT2D eigenvalue weighted by Crippen LogP contribution is -2.04. The largest absolute Gasteiger partial charge is 0.384 e. The molecule has 202 valence electrons. The molecule has 1 N–H and O–H groups in total. The molecule has 0 saturated carbocycles. The van der Waals surface area contributed by atoms with Crippen molar-refractivity contribution < 1.29 is 4.74 Å². The Morgan fingerprint density at radius 2 is 1.72 bits per heavy atom. The highest BCUT2D eigenvalue weighted by Gasteiger charge is 2.09. The standard InChI is InChI=1S/C19H24N4.C7H16.C5H12O/c1-12(2)14(4)23-15(5)17(10-20-6)13(3)16-7-8-18-19(9-16)22-11-21-18;1-3-5-7-6-4-2;1-5(2)4-6-3/h7-12H,4H2,1-3,5-6H3,(H,21,22);3-7H2,1-2H3;5H,4H2,1-3H3/b17-13+,20-10?,23-15?;;. The van der Waals surface area contributed by atoms with Crippen LogP contribution >= 0.6 is 0 Å². The predicted molar refractivity (Wildman–Crippen MR) is 161 cm³/mol. The first-order valence-corrected chi connectivity index (χ1v) is 13.4. The van der Waals surface area contributed by atoms with Crippen molar-refractivity contribution in [3.8, 4) is 0 Å². The summed E-state index contributed by atoms with van der Waals surface area (Å²) in [7, 11) is 3.50. The number of aromatic nitrogens is 2. The van der Waals surface area contributed by atoms with Crippen molar-refractivity contribution >= 4 is 28.5 Å². The predicted octanol–water partition coefficient (Wildman–Crippen LogP) is 8.93. The molecule has 0 aliphatic rings. The molecule has 2 rings (SSSR count). The molecule has 1 aromatic heterocycles. The van der Waals surface area contributed by atoms with Gasteiger partial charge >= 0.3 is 0 Å². The first kappa shape index (κ1) is 33.5. The van der Waals surface area contributed by atoms with Gasteiger partial charge in [-0.25, -0.2) is 4.98 Å².